The molecule has 0 spiro atoms. The lowest BCUT2D eigenvalue weighted by molar-refractivity contribution is -0.143. The van der Waals surface area contributed by atoms with Gasteiger partial charge in [-0.25, -0.2) is 4.98 Å². The molecule has 0 saturated carbocycles. The Labute approximate surface area is 159 Å². The van der Waals surface area contributed by atoms with Gasteiger partial charge in [0.25, 0.3) is 0 Å². The van der Waals surface area contributed by atoms with Gasteiger partial charge in [0.1, 0.15) is 5.65 Å². The highest BCUT2D eigenvalue weighted by atomic mass is 16.4. The van der Waals surface area contributed by atoms with Crippen LogP contribution < -0.4 is 0 Å². The molecule has 1 saturated heterocycles. The molecule has 3 aromatic rings. The van der Waals surface area contributed by atoms with Gasteiger partial charge in [0, 0.05) is 18.3 Å². The predicted octanol–water partition coefficient (Wildman–Crippen LogP) is 3.91. The van der Waals surface area contributed by atoms with E-state index < -0.39 is 5.97 Å². The first-order valence-electron chi connectivity index (χ1n) is 9.51. The van der Waals surface area contributed by atoms with E-state index in [2.05, 4.69) is 65.7 Å². The van der Waals surface area contributed by atoms with Crippen LogP contribution in [0, 0.1) is 19.8 Å². The fourth-order valence-electron chi connectivity index (χ4n) is 3.84. The van der Waals surface area contributed by atoms with Crippen LogP contribution in [0.15, 0.2) is 42.6 Å². The monoisotopic (exact) mass is 363 g/mol. The van der Waals surface area contributed by atoms with E-state index in [4.69, 9.17) is 4.98 Å². The largest absolute Gasteiger partial charge is 0.481 e. The lowest BCUT2D eigenvalue weighted by atomic mass is 9.97. The van der Waals surface area contributed by atoms with E-state index in [9.17, 15) is 9.90 Å². The molecular formula is C22H25N3O2. The number of carboxylic acid groups (broad SMARTS) is 1. The highest BCUT2D eigenvalue weighted by molar-refractivity contribution is 5.70. The number of aryl methyl sites for hydroxylation is 2. The van der Waals surface area contributed by atoms with Crippen LogP contribution in [0.3, 0.4) is 0 Å². The number of nitrogens with zero attached hydrogens (tertiary/aromatic N) is 3. The number of hydrogen-bond donors (Lipinski definition) is 1. The van der Waals surface area contributed by atoms with E-state index in [1.807, 2.05) is 0 Å². The minimum Gasteiger partial charge on any atom is -0.481 e. The van der Waals surface area contributed by atoms with Gasteiger partial charge in [-0.05, 0) is 57.5 Å². The predicted molar refractivity (Wildman–Crippen MR) is 106 cm³/mol. The highest BCUT2D eigenvalue weighted by Gasteiger charge is 2.26. The highest BCUT2D eigenvalue weighted by Crippen LogP contribution is 2.28. The molecule has 1 aliphatic rings. The number of aliphatic carboxylic acids is 1. The topological polar surface area (TPSA) is 57.8 Å². The summed E-state index contributed by atoms with van der Waals surface area (Å²) in [6.45, 7) is 6.56. The molecule has 1 fully saturated rings. The number of piperidine rings is 1. The number of benzene rings is 1. The molecule has 0 bridgehead atoms. The number of likely N-dealkylation sites (tertiary alicyclic amines) is 1. The number of imidazole rings is 1. The molecular weight excluding hydrogens is 338 g/mol. The third-order valence-corrected chi connectivity index (χ3v) is 5.52. The van der Waals surface area contributed by atoms with Crippen molar-refractivity contribution in [2.24, 2.45) is 5.92 Å². The molecule has 140 valence electrons. The Balaban J connectivity index is 1.69. The summed E-state index contributed by atoms with van der Waals surface area (Å²) in [6.07, 6.45) is 3.52. The fourth-order valence-corrected chi connectivity index (χ4v) is 3.84. The number of hydrogen-bond acceptors (Lipinski definition) is 3. The van der Waals surface area contributed by atoms with Crippen molar-refractivity contribution in [3.63, 3.8) is 0 Å². The second-order valence-corrected chi connectivity index (χ2v) is 7.59. The standard InChI is InChI=1S/C22H25N3O2/c1-15-3-5-17(6-4-15)21-19(25-12-7-16(2)13-20(25)23-21)14-24-10-8-18(9-11-24)22(26)27/h3-7,12-13,18H,8-11,14H2,1-2H3,(H,26,27). The molecule has 1 aliphatic heterocycles. The molecule has 5 nitrogen and oxygen atoms in total. The van der Waals surface area contributed by atoms with E-state index >= 15 is 0 Å². The Hall–Kier alpha value is -2.66. The van der Waals surface area contributed by atoms with E-state index in [0.717, 1.165) is 36.5 Å². The molecule has 0 aliphatic carbocycles. The van der Waals surface area contributed by atoms with Crippen LogP contribution in [0.4, 0.5) is 0 Å². The Morgan fingerprint density at radius 3 is 2.48 bits per heavy atom. The quantitative estimate of drug-likeness (QED) is 0.763. The maximum Gasteiger partial charge on any atom is 0.306 e. The third-order valence-electron chi connectivity index (χ3n) is 5.52. The summed E-state index contributed by atoms with van der Waals surface area (Å²) in [5.74, 6) is -0.872. The summed E-state index contributed by atoms with van der Waals surface area (Å²) in [7, 11) is 0. The van der Waals surface area contributed by atoms with Crippen LogP contribution in [0.2, 0.25) is 0 Å². The van der Waals surface area contributed by atoms with Crippen LogP contribution in [-0.2, 0) is 11.3 Å². The molecule has 0 atom stereocenters. The Morgan fingerprint density at radius 2 is 1.81 bits per heavy atom. The number of pyridine rings is 1. The van der Waals surface area contributed by atoms with E-state index in [1.165, 1.54) is 16.8 Å². The van der Waals surface area contributed by atoms with Crippen molar-refractivity contribution in [1.29, 1.82) is 0 Å². The number of fused-ring (bicyclic) bond motifs is 1. The van der Waals surface area contributed by atoms with Crippen molar-refractivity contribution in [3.05, 3.63) is 59.4 Å². The van der Waals surface area contributed by atoms with E-state index in [-0.39, 0.29) is 5.92 Å². The van der Waals surface area contributed by atoms with Gasteiger partial charge in [-0.15, -0.1) is 0 Å². The van der Waals surface area contributed by atoms with Gasteiger partial charge in [0.05, 0.1) is 17.3 Å². The smallest absolute Gasteiger partial charge is 0.306 e. The molecule has 0 unspecified atom stereocenters. The second-order valence-electron chi connectivity index (χ2n) is 7.59. The third kappa shape index (κ3) is 3.60. The van der Waals surface area contributed by atoms with Gasteiger partial charge in [-0.1, -0.05) is 29.8 Å². The van der Waals surface area contributed by atoms with E-state index in [0.29, 0.717) is 12.8 Å². The zero-order valence-electron chi connectivity index (χ0n) is 15.9. The molecule has 0 amide bonds. The number of carbonyl (C=O) groups is 1. The molecule has 27 heavy (non-hydrogen) atoms. The van der Waals surface area contributed by atoms with Gasteiger partial charge in [0.2, 0.25) is 0 Å². The fraction of sp³-hybridized carbons (Fsp3) is 0.364. The average Bonchev–Trinajstić information content (AvgIpc) is 3.00. The Kier molecular flexibility index (Phi) is 4.70. The first kappa shape index (κ1) is 17.7. The zero-order valence-corrected chi connectivity index (χ0v) is 15.9. The van der Waals surface area contributed by atoms with Crippen molar-refractivity contribution < 1.29 is 9.90 Å². The van der Waals surface area contributed by atoms with Crippen molar-refractivity contribution in [3.8, 4) is 11.3 Å². The maximum atomic E-state index is 11.2. The molecule has 0 radical (unpaired) electrons. The van der Waals surface area contributed by atoms with Crippen LogP contribution in [0.1, 0.15) is 29.7 Å². The van der Waals surface area contributed by atoms with Crippen molar-refractivity contribution in [1.82, 2.24) is 14.3 Å². The first-order chi connectivity index (χ1) is 13.0. The second kappa shape index (κ2) is 7.16. The normalized spacial score (nSPS) is 16.1. The molecule has 2 aromatic heterocycles. The first-order valence-corrected chi connectivity index (χ1v) is 9.51. The number of rotatable bonds is 4. The lowest BCUT2D eigenvalue weighted by Gasteiger charge is -2.30. The van der Waals surface area contributed by atoms with Gasteiger partial charge in [-0.3, -0.25) is 9.69 Å². The molecule has 3 heterocycles. The van der Waals surface area contributed by atoms with Gasteiger partial charge < -0.3 is 9.51 Å². The molecule has 5 heteroatoms. The summed E-state index contributed by atoms with van der Waals surface area (Å²) in [5.41, 5.74) is 6.69. The summed E-state index contributed by atoms with van der Waals surface area (Å²) in [4.78, 5) is 18.5. The lowest BCUT2D eigenvalue weighted by Crippen LogP contribution is -2.36. The Morgan fingerprint density at radius 1 is 1.11 bits per heavy atom. The minimum atomic E-state index is -0.666. The number of aromatic nitrogens is 2. The minimum absolute atomic E-state index is 0.206. The van der Waals surface area contributed by atoms with E-state index in [1.54, 1.807) is 0 Å². The van der Waals surface area contributed by atoms with Gasteiger partial charge >= 0.3 is 5.97 Å². The summed E-state index contributed by atoms with van der Waals surface area (Å²) >= 11 is 0. The molecule has 4 rings (SSSR count). The summed E-state index contributed by atoms with van der Waals surface area (Å²) in [5, 5.41) is 9.23. The zero-order chi connectivity index (χ0) is 19.0. The van der Waals surface area contributed by atoms with Crippen LogP contribution >= 0.6 is 0 Å². The Bertz CT molecular complexity index is 967. The van der Waals surface area contributed by atoms with Crippen molar-refractivity contribution in [2.75, 3.05) is 13.1 Å². The maximum absolute atomic E-state index is 11.2. The average molecular weight is 363 g/mol. The van der Waals surface area contributed by atoms with Gasteiger partial charge in [-0.2, -0.15) is 0 Å². The summed E-state index contributed by atoms with van der Waals surface area (Å²) < 4.78 is 2.17. The van der Waals surface area contributed by atoms with Crippen LogP contribution in [0.25, 0.3) is 16.9 Å². The molecule has 1 aromatic carbocycles. The van der Waals surface area contributed by atoms with Gasteiger partial charge in [0.15, 0.2) is 0 Å². The summed E-state index contributed by atoms with van der Waals surface area (Å²) in [6, 6.07) is 12.7. The van der Waals surface area contributed by atoms with Crippen molar-refractivity contribution >= 4 is 11.6 Å². The SMILES string of the molecule is Cc1ccc(-c2nc3cc(C)ccn3c2CN2CCC(C(=O)O)CC2)cc1. The van der Waals surface area contributed by atoms with Crippen molar-refractivity contribution in [2.45, 2.75) is 33.2 Å². The van der Waals surface area contributed by atoms with Crippen LogP contribution in [-0.4, -0.2) is 38.4 Å². The number of carboxylic acids is 1. The van der Waals surface area contributed by atoms with Crippen LogP contribution in [0.5, 0.6) is 0 Å². The molecule has 1 N–H and O–H groups in total.